The molecule has 0 aliphatic heterocycles. The zero-order valence-electron chi connectivity index (χ0n) is 12.7. The zero-order chi connectivity index (χ0) is 16.3. The van der Waals surface area contributed by atoms with Gasteiger partial charge in [-0.25, -0.2) is 0 Å². The van der Waals surface area contributed by atoms with Gasteiger partial charge in [0.25, 0.3) is 0 Å². The summed E-state index contributed by atoms with van der Waals surface area (Å²) in [7, 11) is 1.75. The summed E-state index contributed by atoms with van der Waals surface area (Å²) >= 11 is 6.11. The summed E-state index contributed by atoms with van der Waals surface area (Å²) in [6.45, 7) is 3.66. The maximum Gasteiger partial charge on any atom is 0.248 e. The van der Waals surface area contributed by atoms with Gasteiger partial charge in [0, 0.05) is 24.4 Å². The minimum Gasteiger partial charge on any atom is -0.392 e. The number of hydrogen-bond acceptors (Lipinski definition) is 3. The van der Waals surface area contributed by atoms with Gasteiger partial charge in [-0.1, -0.05) is 23.7 Å². The standard InChI is InChI=1S/C16H18ClN3O2/c1-10-4-5-12(9-21)8-14(10)18-15(22)7-6-13-11(2)19-20(3)16(13)17/h4-8,21H,9H2,1-3H3,(H,18,22)/b7-6+. The van der Waals surface area contributed by atoms with Crippen LogP contribution in [0.15, 0.2) is 24.3 Å². The van der Waals surface area contributed by atoms with Gasteiger partial charge in [-0.05, 0) is 37.1 Å². The van der Waals surface area contributed by atoms with Crippen molar-refractivity contribution in [2.24, 2.45) is 7.05 Å². The number of carbonyl (C=O) groups excluding carboxylic acids is 1. The summed E-state index contributed by atoms with van der Waals surface area (Å²) in [5.74, 6) is -0.266. The van der Waals surface area contributed by atoms with Gasteiger partial charge < -0.3 is 10.4 Å². The fraction of sp³-hybridized carbons (Fsp3) is 0.250. The van der Waals surface area contributed by atoms with E-state index in [9.17, 15) is 4.79 Å². The van der Waals surface area contributed by atoms with Crippen LogP contribution in [0.5, 0.6) is 0 Å². The fourth-order valence-electron chi connectivity index (χ4n) is 2.07. The highest BCUT2D eigenvalue weighted by Gasteiger charge is 2.09. The van der Waals surface area contributed by atoms with E-state index < -0.39 is 0 Å². The second kappa shape index (κ2) is 6.77. The maximum absolute atomic E-state index is 12.0. The first-order valence-corrected chi connectivity index (χ1v) is 7.18. The third-order valence-corrected chi connectivity index (χ3v) is 3.79. The van der Waals surface area contributed by atoms with Crippen LogP contribution in [0.3, 0.4) is 0 Å². The predicted octanol–water partition coefficient (Wildman–Crippen LogP) is 2.83. The van der Waals surface area contributed by atoms with Gasteiger partial charge in [0.1, 0.15) is 5.15 Å². The van der Waals surface area contributed by atoms with E-state index in [-0.39, 0.29) is 12.5 Å². The molecule has 0 aliphatic rings. The molecule has 0 bridgehead atoms. The monoisotopic (exact) mass is 319 g/mol. The molecule has 1 aromatic heterocycles. The molecule has 0 saturated heterocycles. The number of amides is 1. The molecule has 0 fully saturated rings. The quantitative estimate of drug-likeness (QED) is 0.852. The van der Waals surface area contributed by atoms with Crippen molar-refractivity contribution in [2.75, 3.05) is 5.32 Å². The van der Waals surface area contributed by atoms with Crippen LogP contribution in [-0.4, -0.2) is 20.8 Å². The van der Waals surface area contributed by atoms with Gasteiger partial charge >= 0.3 is 0 Å². The van der Waals surface area contributed by atoms with Crippen molar-refractivity contribution in [3.63, 3.8) is 0 Å². The lowest BCUT2D eigenvalue weighted by atomic mass is 10.1. The topological polar surface area (TPSA) is 67.2 Å². The van der Waals surface area contributed by atoms with E-state index in [1.54, 1.807) is 23.9 Å². The van der Waals surface area contributed by atoms with E-state index >= 15 is 0 Å². The summed E-state index contributed by atoms with van der Waals surface area (Å²) in [5, 5.41) is 16.6. The summed E-state index contributed by atoms with van der Waals surface area (Å²) in [5.41, 5.74) is 3.83. The molecule has 1 heterocycles. The highest BCUT2D eigenvalue weighted by Crippen LogP contribution is 2.20. The number of aromatic nitrogens is 2. The van der Waals surface area contributed by atoms with Crippen molar-refractivity contribution >= 4 is 29.3 Å². The number of aliphatic hydroxyl groups is 1. The number of benzene rings is 1. The van der Waals surface area contributed by atoms with Gasteiger partial charge in [-0.3, -0.25) is 9.48 Å². The van der Waals surface area contributed by atoms with Crippen molar-refractivity contribution in [1.29, 1.82) is 0 Å². The SMILES string of the molecule is Cc1ccc(CO)cc1NC(=O)/C=C/c1c(C)nn(C)c1Cl. The van der Waals surface area contributed by atoms with Crippen LogP contribution in [0.1, 0.15) is 22.4 Å². The number of nitrogens with zero attached hydrogens (tertiary/aromatic N) is 2. The number of halogens is 1. The molecule has 2 aromatic rings. The van der Waals surface area contributed by atoms with Crippen LogP contribution in [0.25, 0.3) is 6.08 Å². The van der Waals surface area contributed by atoms with E-state index in [4.69, 9.17) is 16.7 Å². The van der Waals surface area contributed by atoms with E-state index in [1.165, 1.54) is 6.08 Å². The summed E-state index contributed by atoms with van der Waals surface area (Å²) in [4.78, 5) is 12.0. The Morgan fingerprint density at radius 1 is 1.45 bits per heavy atom. The van der Waals surface area contributed by atoms with E-state index in [0.29, 0.717) is 10.8 Å². The molecule has 2 rings (SSSR count). The predicted molar refractivity (Wildman–Crippen MR) is 87.7 cm³/mol. The zero-order valence-corrected chi connectivity index (χ0v) is 13.5. The van der Waals surface area contributed by atoms with Gasteiger partial charge in [-0.2, -0.15) is 5.10 Å². The lowest BCUT2D eigenvalue weighted by Gasteiger charge is -2.08. The molecule has 0 radical (unpaired) electrons. The highest BCUT2D eigenvalue weighted by atomic mass is 35.5. The molecule has 22 heavy (non-hydrogen) atoms. The Balaban J connectivity index is 2.15. The summed E-state index contributed by atoms with van der Waals surface area (Å²) in [6, 6.07) is 5.43. The van der Waals surface area contributed by atoms with Crippen molar-refractivity contribution < 1.29 is 9.90 Å². The lowest BCUT2D eigenvalue weighted by Crippen LogP contribution is -2.09. The molecule has 0 unspecified atom stereocenters. The first kappa shape index (κ1) is 16.3. The van der Waals surface area contributed by atoms with Crippen LogP contribution in [0.4, 0.5) is 5.69 Å². The van der Waals surface area contributed by atoms with Crippen LogP contribution in [0.2, 0.25) is 5.15 Å². The molecular formula is C16H18ClN3O2. The van der Waals surface area contributed by atoms with E-state index in [1.807, 2.05) is 26.0 Å². The van der Waals surface area contributed by atoms with Gasteiger partial charge in [0.2, 0.25) is 5.91 Å². The van der Waals surface area contributed by atoms with Crippen LogP contribution >= 0.6 is 11.6 Å². The number of aliphatic hydroxyl groups excluding tert-OH is 1. The Hall–Kier alpha value is -2.11. The van der Waals surface area contributed by atoms with Gasteiger partial charge in [-0.15, -0.1) is 0 Å². The Morgan fingerprint density at radius 2 is 2.18 bits per heavy atom. The molecule has 0 spiro atoms. The lowest BCUT2D eigenvalue weighted by molar-refractivity contribution is -0.111. The average Bonchev–Trinajstić information content (AvgIpc) is 2.72. The van der Waals surface area contributed by atoms with Gasteiger partial charge in [0.05, 0.1) is 12.3 Å². The normalized spacial score (nSPS) is 11.1. The summed E-state index contributed by atoms with van der Waals surface area (Å²) < 4.78 is 1.56. The Morgan fingerprint density at radius 3 is 2.77 bits per heavy atom. The molecule has 6 heteroatoms. The number of aryl methyl sites for hydroxylation is 3. The summed E-state index contributed by atoms with van der Waals surface area (Å²) in [6.07, 6.45) is 3.06. The van der Waals surface area contributed by atoms with Crippen LogP contribution < -0.4 is 5.32 Å². The number of carbonyl (C=O) groups is 1. The fourth-order valence-corrected chi connectivity index (χ4v) is 2.31. The van der Waals surface area contributed by atoms with Crippen molar-refractivity contribution in [1.82, 2.24) is 9.78 Å². The number of rotatable bonds is 4. The average molecular weight is 320 g/mol. The Labute approximate surface area is 134 Å². The first-order chi connectivity index (χ1) is 10.4. The highest BCUT2D eigenvalue weighted by molar-refractivity contribution is 6.31. The molecule has 116 valence electrons. The molecule has 0 atom stereocenters. The first-order valence-electron chi connectivity index (χ1n) is 6.81. The third kappa shape index (κ3) is 3.55. The molecule has 1 aromatic carbocycles. The van der Waals surface area contributed by atoms with Crippen LogP contribution in [0, 0.1) is 13.8 Å². The third-order valence-electron chi connectivity index (χ3n) is 3.34. The maximum atomic E-state index is 12.0. The smallest absolute Gasteiger partial charge is 0.248 e. The number of anilines is 1. The second-order valence-corrected chi connectivity index (χ2v) is 5.40. The second-order valence-electron chi connectivity index (χ2n) is 5.04. The molecule has 1 amide bonds. The molecule has 0 saturated carbocycles. The largest absolute Gasteiger partial charge is 0.392 e. The van der Waals surface area contributed by atoms with Crippen LogP contribution in [-0.2, 0) is 18.4 Å². The Bertz CT molecular complexity index is 735. The molecule has 0 aliphatic carbocycles. The number of hydrogen-bond donors (Lipinski definition) is 2. The number of nitrogens with one attached hydrogen (secondary N) is 1. The molecule has 5 nitrogen and oxygen atoms in total. The minimum absolute atomic E-state index is 0.0660. The van der Waals surface area contributed by atoms with Crippen molar-refractivity contribution in [2.45, 2.75) is 20.5 Å². The molecule has 2 N–H and O–H groups in total. The van der Waals surface area contributed by atoms with Crippen molar-refractivity contribution in [3.05, 3.63) is 51.8 Å². The van der Waals surface area contributed by atoms with E-state index in [0.717, 1.165) is 22.4 Å². The Kier molecular flexibility index (Phi) is 5.00. The minimum atomic E-state index is -0.266. The van der Waals surface area contributed by atoms with Crippen molar-refractivity contribution in [3.8, 4) is 0 Å². The van der Waals surface area contributed by atoms with E-state index in [2.05, 4.69) is 10.4 Å². The van der Waals surface area contributed by atoms with Gasteiger partial charge in [0.15, 0.2) is 0 Å². The molecular weight excluding hydrogens is 302 g/mol.